The molecule has 1 rings (SSSR count). The van der Waals surface area contributed by atoms with Gasteiger partial charge in [-0.05, 0) is 32.9 Å². The molecule has 0 fully saturated rings. The van der Waals surface area contributed by atoms with Crippen molar-refractivity contribution in [2.75, 3.05) is 13.7 Å². The molecule has 1 amide bonds. The quantitative estimate of drug-likeness (QED) is 0.632. The Morgan fingerprint density at radius 1 is 1.30 bits per heavy atom. The summed E-state index contributed by atoms with van der Waals surface area (Å²) in [6, 6.07) is 2.79. The van der Waals surface area contributed by atoms with E-state index in [1.54, 1.807) is 20.8 Å². The summed E-state index contributed by atoms with van der Waals surface area (Å²) < 4.78 is 4.96. The number of hydrogen-bond donors (Lipinski definition) is 0. The summed E-state index contributed by atoms with van der Waals surface area (Å²) in [6.07, 6.45) is 0. The van der Waals surface area contributed by atoms with Gasteiger partial charge >= 0.3 is 5.97 Å². The van der Waals surface area contributed by atoms with Crippen LogP contribution in [-0.4, -0.2) is 41.0 Å². The zero-order chi connectivity index (χ0) is 15.5. The minimum atomic E-state index is -1.10. The number of halogens is 2. The molecule has 1 heterocycles. The summed E-state index contributed by atoms with van der Waals surface area (Å²) in [5.41, 5.74) is -0.843. The highest BCUT2D eigenvalue weighted by Gasteiger charge is 2.37. The second-order valence-corrected chi connectivity index (χ2v) is 5.42. The van der Waals surface area contributed by atoms with Gasteiger partial charge in [-0.1, -0.05) is 23.2 Å². The topological polar surface area (TPSA) is 59.5 Å². The number of likely N-dealkylation sites (N-methyl/N-ethyl adjacent to an activating group) is 1. The molecule has 0 bridgehead atoms. The van der Waals surface area contributed by atoms with Crippen LogP contribution in [0.4, 0.5) is 0 Å². The number of rotatable bonds is 4. The summed E-state index contributed by atoms with van der Waals surface area (Å²) in [5, 5.41) is 0.228. The van der Waals surface area contributed by atoms with Crippen molar-refractivity contribution >= 4 is 35.1 Å². The molecule has 0 aromatic carbocycles. The molecule has 0 saturated carbocycles. The van der Waals surface area contributed by atoms with Gasteiger partial charge in [-0.25, -0.2) is 9.78 Å². The van der Waals surface area contributed by atoms with E-state index >= 15 is 0 Å². The number of esters is 1. The number of hydrogen-bond acceptors (Lipinski definition) is 4. The van der Waals surface area contributed by atoms with Crippen LogP contribution in [0.1, 0.15) is 31.1 Å². The zero-order valence-electron chi connectivity index (χ0n) is 11.7. The number of carbonyl (C=O) groups excluding carboxylic acids is 2. The van der Waals surface area contributed by atoms with E-state index in [1.165, 1.54) is 24.1 Å². The van der Waals surface area contributed by atoms with Crippen LogP contribution in [0.15, 0.2) is 12.1 Å². The van der Waals surface area contributed by atoms with Crippen LogP contribution in [0.3, 0.4) is 0 Å². The van der Waals surface area contributed by atoms with Gasteiger partial charge in [0.25, 0.3) is 5.91 Å². The van der Waals surface area contributed by atoms with Crippen molar-refractivity contribution in [1.29, 1.82) is 0 Å². The molecular formula is C13H16Cl2N2O3. The highest BCUT2D eigenvalue weighted by atomic mass is 35.5. The first-order valence-electron chi connectivity index (χ1n) is 5.98. The number of ether oxygens (including phenoxy) is 1. The molecule has 1 aromatic rings. The lowest BCUT2D eigenvalue weighted by Gasteiger charge is -2.33. The average Bonchev–Trinajstić information content (AvgIpc) is 2.36. The third kappa shape index (κ3) is 3.61. The van der Waals surface area contributed by atoms with Crippen LogP contribution in [-0.2, 0) is 9.53 Å². The van der Waals surface area contributed by atoms with Crippen LogP contribution in [0.5, 0.6) is 0 Å². The lowest BCUT2D eigenvalue weighted by atomic mass is 10.0. The van der Waals surface area contributed by atoms with E-state index in [0.717, 1.165) is 0 Å². The molecule has 20 heavy (non-hydrogen) atoms. The molecule has 0 aliphatic carbocycles. The number of amides is 1. The average molecular weight is 319 g/mol. The van der Waals surface area contributed by atoms with Gasteiger partial charge in [0, 0.05) is 12.6 Å². The third-order valence-corrected chi connectivity index (χ3v) is 3.32. The van der Waals surface area contributed by atoms with Gasteiger partial charge < -0.3 is 9.64 Å². The fourth-order valence-corrected chi connectivity index (χ4v) is 1.94. The van der Waals surface area contributed by atoms with Crippen molar-refractivity contribution in [2.24, 2.45) is 0 Å². The predicted molar refractivity (Wildman–Crippen MR) is 77.1 cm³/mol. The first-order chi connectivity index (χ1) is 9.20. The SMILES string of the molecule is CCOC(=O)C(C)(C)N(C)C(=O)c1cc(Cl)nc(Cl)c1. The number of carbonyl (C=O) groups is 2. The molecule has 0 aliphatic heterocycles. The summed E-state index contributed by atoms with van der Waals surface area (Å²) in [6.45, 7) is 5.16. The molecule has 0 saturated heterocycles. The van der Waals surface area contributed by atoms with Crippen molar-refractivity contribution < 1.29 is 14.3 Å². The molecule has 0 atom stereocenters. The molecule has 0 unspecified atom stereocenters. The van der Waals surface area contributed by atoms with Gasteiger partial charge in [0.2, 0.25) is 0 Å². The molecular weight excluding hydrogens is 303 g/mol. The Kier molecular flexibility index (Phi) is 5.36. The highest BCUT2D eigenvalue weighted by molar-refractivity contribution is 6.33. The molecule has 0 radical (unpaired) electrons. The smallest absolute Gasteiger partial charge is 0.331 e. The molecule has 0 N–H and O–H groups in total. The van der Waals surface area contributed by atoms with Crippen LogP contribution in [0, 0.1) is 0 Å². The zero-order valence-corrected chi connectivity index (χ0v) is 13.2. The summed E-state index contributed by atoms with van der Waals surface area (Å²) in [4.78, 5) is 29.3. The Morgan fingerprint density at radius 3 is 2.25 bits per heavy atom. The van der Waals surface area contributed by atoms with Crippen molar-refractivity contribution in [1.82, 2.24) is 9.88 Å². The van der Waals surface area contributed by atoms with E-state index in [0.29, 0.717) is 0 Å². The highest BCUT2D eigenvalue weighted by Crippen LogP contribution is 2.21. The fraction of sp³-hybridized carbons (Fsp3) is 0.462. The van der Waals surface area contributed by atoms with Crippen LogP contribution in [0.25, 0.3) is 0 Å². The summed E-state index contributed by atoms with van der Waals surface area (Å²) >= 11 is 11.5. The third-order valence-electron chi connectivity index (χ3n) is 2.93. The Hall–Kier alpha value is -1.33. The van der Waals surface area contributed by atoms with Crippen LogP contribution in [0.2, 0.25) is 10.3 Å². The van der Waals surface area contributed by atoms with Crippen molar-refractivity contribution in [2.45, 2.75) is 26.3 Å². The minimum absolute atomic E-state index is 0.114. The Morgan fingerprint density at radius 2 is 1.80 bits per heavy atom. The first-order valence-corrected chi connectivity index (χ1v) is 6.74. The van der Waals surface area contributed by atoms with Crippen LogP contribution >= 0.6 is 23.2 Å². The number of aromatic nitrogens is 1. The van der Waals surface area contributed by atoms with Crippen LogP contribution < -0.4 is 0 Å². The van der Waals surface area contributed by atoms with E-state index in [1.807, 2.05) is 0 Å². The summed E-state index contributed by atoms with van der Waals surface area (Å²) in [7, 11) is 1.52. The summed E-state index contributed by atoms with van der Waals surface area (Å²) in [5.74, 6) is -0.878. The normalized spacial score (nSPS) is 11.1. The van der Waals surface area contributed by atoms with Gasteiger partial charge in [-0.2, -0.15) is 0 Å². The first kappa shape index (κ1) is 16.7. The standard InChI is InChI=1S/C13H16Cl2N2O3/c1-5-20-12(19)13(2,3)17(4)11(18)8-6-9(14)16-10(15)7-8/h6-7H,5H2,1-4H3. The predicted octanol–water partition coefficient (Wildman–Crippen LogP) is 2.80. The van der Waals surface area contributed by atoms with E-state index < -0.39 is 17.4 Å². The van der Waals surface area contributed by atoms with Crippen molar-refractivity contribution in [3.63, 3.8) is 0 Å². The van der Waals surface area contributed by atoms with E-state index in [4.69, 9.17) is 27.9 Å². The molecule has 0 aliphatic rings. The molecule has 1 aromatic heterocycles. The number of nitrogens with zero attached hydrogens (tertiary/aromatic N) is 2. The van der Waals surface area contributed by atoms with E-state index in [2.05, 4.69) is 4.98 Å². The Labute approximate surface area is 127 Å². The van der Waals surface area contributed by atoms with Gasteiger partial charge in [0.1, 0.15) is 15.8 Å². The molecule has 0 spiro atoms. The lowest BCUT2D eigenvalue weighted by Crippen LogP contribution is -2.51. The largest absolute Gasteiger partial charge is 0.464 e. The second-order valence-electron chi connectivity index (χ2n) is 4.64. The van der Waals surface area contributed by atoms with Gasteiger partial charge in [-0.15, -0.1) is 0 Å². The van der Waals surface area contributed by atoms with Crippen molar-refractivity contribution in [3.8, 4) is 0 Å². The maximum absolute atomic E-state index is 12.4. The van der Waals surface area contributed by atoms with E-state index in [-0.39, 0.29) is 22.5 Å². The monoisotopic (exact) mass is 318 g/mol. The molecule has 5 nitrogen and oxygen atoms in total. The van der Waals surface area contributed by atoms with E-state index in [9.17, 15) is 9.59 Å². The Balaban J connectivity index is 3.04. The second kappa shape index (κ2) is 6.41. The molecule has 7 heteroatoms. The van der Waals surface area contributed by atoms with Crippen molar-refractivity contribution in [3.05, 3.63) is 28.0 Å². The van der Waals surface area contributed by atoms with Gasteiger partial charge in [0.15, 0.2) is 0 Å². The molecule has 110 valence electrons. The maximum Gasteiger partial charge on any atom is 0.331 e. The van der Waals surface area contributed by atoms with Gasteiger partial charge in [0.05, 0.1) is 6.61 Å². The van der Waals surface area contributed by atoms with Gasteiger partial charge in [-0.3, -0.25) is 4.79 Å². The Bertz CT molecular complexity index is 512. The number of pyridine rings is 1. The fourth-order valence-electron chi connectivity index (χ4n) is 1.48. The lowest BCUT2D eigenvalue weighted by molar-refractivity contribution is -0.153. The minimum Gasteiger partial charge on any atom is -0.464 e. The maximum atomic E-state index is 12.4.